The second kappa shape index (κ2) is 29.9. The lowest BCUT2D eigenvalue weighted by atomic mass is 9.67. The van der Waals surface area contributed by atoms with Gasteiger partial charge in [0.15, 0.2) is 0 Å². The van der Waals surface area contributed by atoms with E-state index in [1.807, 2.05) is 0 Å². The van der Waals surface area contributed by atoms with Gasteiger partial charge in [-0.2, -0.15) is 0 Å². The van der Waals surface area contributed by atoms with Crippen molar-refractivity contribution in [1.82, 2.24) is 0 Å². The van der Waals surface area contributed by atoms with Gasteiger partial charge in [-0.1, -0.05) is 364 Å². The van der Waals surface area contributed by atoms with Crippen LogP contribution in [0.2, 0.25) is 0 Å². The predicted molar refractivity (Wildman–Crippen MR) is 499 cm³/mol. The molecule has 19 aromatic carbocycles. The number of fused-ring (bicyclic) bond motifs is 12. The van der Waals surface area contributed by atoms with Gasteiger partial charge in [0, 0.05) is 50.7 Å². The summed E-state index contributed by atoms with van der Waals surface area (Å²) in [4.78, 5) is 4.74. The molecule has 0 atom stereocenters. The molecule has 0 amide bonds. The second-order valence-corrected chi connectivity index (χ2v) is 31.3. The molecule has 0 unspecified atom stereocenters. The third-order valence-corrected chi connectivity index (χ3v) is 24.7. The van der Waals surface area contributed by atoms with E-state index in [2.05, 4.69) is 483 Å². The first-order valence-corrected chi connectivity index (χ1v) is 41.2. The Labute approximate surface area is 698 Å². The SMILES string of the molecule is c1ccc(-c2ccc(N(c3cc(-c4ccccc4)cc(-c4ccccc4)c3)c3ccc4c(c3)oc3ccc(C5(c6ccccc6)c6ccccc6-c6ccccc65)cc34)cc2)cc1.c1ccc(-c2ccc(N(c3ccc(-c4ccccc4)cc3)c3cccc4oc5ccc(C6(c7ccccc7)c7ccccc7-c7ccccc76)cc5c34)cc2)cc1. The van der Waals surface area contributed by atoms with E-state index >= 15 is 0 Å². The minimum absolute atomic E-state index is 0.491. The van der Waals surface area contributed by atoms with Crippen LogP contribution in [0.25, 0.3) is 122 Å². The summed E-state index contributed by atoms with van der Waals surface area (Å²) in [6.07, 6.45) is 0. The van der Waals surface area contributed by atoms with Crippen LogP contribution in [0, 0.1) is 0 Å². The number of rotatable bonds is 15. The summed E-state index contributed by atoms with van der Waals surface area (Å²) in [7, 11) is 0. The van der Waals surface area contributed by atoms with E-state index in [0.717, 1.165) is 89.1 Å². The van der Waals surface area contributed by atoms with Crippen molar-refractivity contribution in [3.05, 3.63) is 518 Å². The molecule has 2 aliphatic carbocycles. The Morgan fingerprint density at radius 3 is 0.900 bits per heavy atom. The van der Waals surface area contributed by atoms with Crippen LogP contribution in [0.4, 0.5) is 34.1 Å². The van der Waals surface area contributed by atoms with Crippen molar-refractivity contribution in [1.29, 1.82) is 0 Å². The molecule has 564 valence electrons. The first-order chi connectivity index (χ1) is 59.5. The van der Waals surface area contributed by atoms with Crippen molar-refractivity contribution in [2.75, 3.05) is 9.80 Å². The summed E-state index contributed by atoms with van der Waals surface area (Å²) in [6.45, 7) is 0. The molecule has 23 rings (SSSR count). The molecule has 0 bridgehead atoms. The van der Waals surface area contributed by atoms with Crippen LogP contribution < -0.4 is 9.80 Å². The minimum Gasteiger partial charge on any atom is -0.456 e. The van der Waals surface area contributed by atoms with Gasteiger partial charge < -0.3 is 18.6 Å². The molecule has 0 fully saturated rings. The van der Waals surface area contributed by atoms with Crippen molar-refractivity contribution >= 4 is 78.0 Å². The standard InChI is InChI=1S/C61H41NO.C55H37NO/c1-5-17-42(18-6-1)45-29-32-50(33-30-45)62(52-38-46(43-19-7-2-8-20-43)37-47(39-52)44-21-9-3-10-22-44)51-34-35-55-56-40-49(31-36-59(56)63-60(55)41-51)61(48-23-11-4-12-24-48)57-27-15-13-25-53(57)54-26-14-16-28-58(54)61;1-4-15-38(16-5-1)40-27-32-44(33-28-40)56(45-34-29-41(30-35-45)39-17-6-2-7-18-39)51-25-14-26-53-54(51)48-37-43(31-36-52(48)57-53)55(42-19-8-3-9-20-42)49-23-12-10-21-46(49)47-22-11-13-24-50(47)55/h1-41H;1-37H. The van der Waals surface area contributed by atoms with E-state index in [-0.39, 0.29) is 0 Å². The maximum absolute atomic E-state index is 6.85. The molecule has 2 aromatic heterocycles. The van der Waals surface area contributed by atoms with Crippen molar-refractivity contribution in [3.63, 3.8) is 0 Å². The fraction of sp³-hybridized carbons (Fsp3) is 0.0172. The van der Waals surface area contributed by atoms with E-state index in [1.165, 1.54) is 111 Å². The lowest BCUT2D eigenvalue weighted by Crippen LogP contribution is -2.28. The normalized spacial score (nSPS) is 12.6. The average molecular weight is 1530 g/mol. The van der Waals surface area contributed by atoms with Gasteiger partial charge in [-0.25, -0.2) is 0 Å². The van der Waals surface area contributed by atoms with Gasteiger partial charge in [0.05, 0.1) is 21.9 Å². The van der Waals surface area contributed by atoms with Gasteiger partial charge in [-0.15, -0.1) is 0 Å². The van der Waals surface area contributed by atoms with E-state index in [0.29, 0.717) is 0 Å². The quantitative estimate of drug-likeness (QED) is 0.102. The van der Waals surface area contributed by atoms with Crippen molar-refractivity contribution < 1.29 is 8.83 Å². The molecule has 2 aliphatic rings. The summed E-state index contributed by atoms with van der Waals surface area (Å²) >= 11 is 0. The molecule has 0 saturated heterocycles. The molecule has 4 nitrogen and oxygen atoms in total. The summed E-state index contributed by atoms with van der Waals surface area (Å²) in [5.74, 6) is 0. The number of hydrogen-bond donors (Lipinski definition) is 0. The highest BCUT2D eigenvalue weighted by Crippen LogP contribution is 2.59. The summed E-state index contributed by atoms with van der Waals surface area (Å²) in [6, 6.07) is 171. The van der Waals surface area contributed by atoms with Crippen LogP contribution >= 0.6 is 0 Å². The summed E-state index contributed by atoms with van der Waals surface area (Å²) in [5.41, 5.74) is 35.7. The van der Waals surface area contributed by atoms with Crippen LogP contribution in [0.15, 0.2) is 482 Å². The summed E-state index contributed by atoms with van der Waals surface area (Å²) in [5, 5.41) is 4.35. The van der Waals surface area contributed by atoms with Gasteiger partial charge in [0.2, 0.25) is 0 Å². The van der Waals surface area contributed by atoms with E-state index in [4.69, 9.17) is 8.83 Å². The maximum Gasteiger partial charge on any atom is 0.137 e. The highest BCUT2D eigenvalue weighted by atomic mass is 16.3. The van der Waals surface area contributed by atoms with Crippen molar-refractivity contribution in [2.45, 2.75) is 10.8 Å². The summed E-state index contributed by atoms with van der Waals surface area (Å²) < 4.78 is 13.6. The Balaban J connectivity index is 0.000000145. The van der Waals surface area contributed by atoms with Crippen molar-refractivity contribution in [3.8, 4) is 77.9 Å². The van der Waals surface area contributed by atoms with E-state index in [9.17, 15) is 0 Å². The fourth-order valence-corrected chi connectivity index (χ4v) is 19.3. The van der Waals surface area contributed by atoms with Gasteiger partial charge in [-0.05, 0) is 226 Å². The van der Waals surface area contributed by atoms with Crippen molar-refractivity contribution in [2.24, 2.45) is 0 Å². The molecule has 0 spiro atoms. The zero-order chi connectivity index (χ0) is 79.5. The second-order valence-electron chi connectivity index (χ2n) is 31.3. The molecule has 120 heavy (non-hydrogen) atoms. The first kappa shape index (κ1) is 71.0. The number of anilines is 6. The van der Waals surface area contributed by atoms with Crippen LogP contribution in [-0.4, -0.2) is 0 Å². The van der Waals surface area contributed by atoms with Gasteiger partial charge >= 0.3 is 0 Å². The fourth-order valence-electron chi connectivity index (χ4n) is 19.3. The Bertz CT molecular complexity index is 7120. The Kier molecular flexibility index (Phi) is 17.7. The zero-order valence-electron chi connectivity index (χ0n) is 65.7. The topological polar surface area (TPSA) is 32.8 Å². The van der Waals surface area contributed by atoms with Crippen LogP contribution in [0.5, 0.6) is 0 Å². The number of benzene rings is 19. The molecule has 0 N–H and O–H groups in total. The van der Waals surface area contributed by atoms with E-state index < -0.39 is 10.8 Å². The Hall–Kier alpha value is -15.6. The first-order valence-electron chi connectivity index (χ1n) is 41.2. The number of furan rings is 2. The van der Waals surface area contributed by atoms with Crippen LogP contribution in [0.3, 0.4) is 0 Å². The molecule has 2 heterocycles. The highest BCUT2D eigenvalue weighted by Gasteiger charge is 2.48. The third kappa shape index (κ3) is 12.1. The van der Waals surface area contributed by atoms with Crippen LogP contribution in [0.1, 0.15) is 44.5 Å². The molecule has 21 aromatic rings. The minimum atomic E-state index is -0.513. The molecule has 0 saturated carbocycles. The Morgan fingerprint density at radius 1 is 0.167 bits per heavy atom. The molecule has 0 radical (unpaired) electrons. The lowest BCUT2D eigenvalue weighted by molar-refractivity contribution is 0.667. The van der Waals surface area contributed by atoms with Gasteiger partial charge in [-0.3, -0.25) is 0 Å². The molecule has 4 heteroatoms. The predicted octanol–water partition coefficient (Wildman–Crippen LogP) is 31.2. The van der Waals surface area contributed by atoms with Gasteiger partial charge in [0.25, 0.3) is 0 Å². The molecular weight excluding hydrogens is 1450 g/mol. The highest BCUT2D eigenvalue weighted by molar-refractivity contribution is 6.14. The maximum atomic E-state index is 6.85. The molecule has 0 aliphatic heterocycles. The monoisotopic (exact) mass is 1530 g/mol. The Morgan fingerprint density at radius 2 is 0.492 bits per heavy atom. The van der Waals surface area contributed by atoms with Gasteiger partial charge in [0.1, 0.15) is 22.3 Å². The molecular formula is C116H78N2O2. The third-order valence-electron chi connectivity index (χ3n) is 24.7. The number of hydrogen-bond acceptors (Lipinski definition) is 4. The zero-order valence-corrected chi connectivity index (χ0v) is 65.7. The average Bonchev–Trinajstić information content (AvgIpc) is 1.54. The largest absolute Gasteiger partial charge is 0.456 e. The van der Waals surface area contributed by atoms with Crippen LogP contribution in [-0.2, 0) is 10.8 Å². The van der Waals surface area contributed by atoms with E-state index in [1.54, 1.807) is 0 Å². The lowest BCUT2D eigenvalue weighted by Gasteiger charge is -2.34. The smallest absolute Gasteiger partial charge is 0.137 e. The number of nitrogens with zero attached hydrogens (tertiary/aromatic N) is 2.